The highest BCUT2D eigenvalue weighted by atomic mass is 35.5. The molecule has 1 amide bonds. The van der Waals surface area contributed by atoms with Gasteiger partial charge >= 0.3 is 0 Å². The SMILES string of the molecule is CCN(C(=O)C(Cl)C1C=C(C)CC(C)C1C)C(C)C. The molecule has 0 spiro atoms. The van der Waals surface area contributed by atoms with Gasteiger partial charge in [-0.3, -0.25) is 4.79 Å². The Labute approximate surface area is 123 Å². The molecule has 110 valence electrons. The minimum atomic E-state index is -0.435. The van der Waals surface area contributed by atoms with Crippen LogP contribution in [0.2, 0.25) is 0 Å². The summed E-state index contributed by atoms with van der Waals surface area (Å²) in [4.78, 5) is 14.4. The Bertz CT molecular complexity index is 351. The average molecular weight is 286 g/mol. The number of nitrogens with zero attached hydrogens (tertiary/aromatic N) is 1. The van der Waals surface area contributed by atoms with Gasteiger partial charge in [-0.05, 0) is 46.0 Å². The number of hydrogen-bond acceptors (Lipinski definition) is 1. The Morgan fingerprint density at radius 1 is 1.47 bits per heavy atom. The zero-order chi connectivity index (χ0) is 14.7. The van der Waals surface area contributed by atoms with Gasteiger partial charge in [0, 0.05) is 18.5 Å². The van der Waals surface area contributed by atoms with E-state index in [1.54, 1.807) is 0 Å². The molecule has 0 heterocycles. The minimum absolute atomic E-state index is 0.0779. The van der Waals surface area contributed by atoms with Gasteiger partial charge in [0.15, 0.2) is 0 Å². The van der Waals surface area contributed by atoms with Crippen molar-refractivity contribution in [3.63, 3.8) is 0 Å². The van der Waals surface area contributed by atoms with E-state index in [9.17, 15) is 4.79 Å². The van der Waals surface area contributed by atoms with E-state index in [1.807, 2.05) is 25.7 Å². The van der Waals surface area contributed by atoms with Crippen LogP contribution in [0.5, 0.6) is 0 Å². The minimum Gasteiger partial charge on any atom is -0.339 e. The number of hydrogen-bond donors (Lipinski definition) is 0. The van der Waals surface area contributed by atoms with Crippen LogP contribution in [0.4, 0.5) is 0 Å². The lowest BCUT2D eigenvalue weighted by Gasteiger charge is -2.37. The predicted molar refractivity (Wildman–Crippen MR) is 82.4 cm³/mol. The maximum absolute atomic E-state index is 12.5. The van der Waals surface area contributed by atoms with Gasteiger partial charge < -0.3 is 4.90 Å². The number of carbonyl (C=O) groups is 1. The van der Waals surface area contributed by atoms with Crippen molar-refractivity contribution in [1.29, 1.82) is 0 Å². The molecule has 1 rings (SSSR count). The van der Waals surface area contributed by atoms with Crippen LogP contribution >= 0.6 is 11.6 Å². The monoisotopic (exact) mass is 285 g/mol. The fourth-order valence-corrected chi connectivity index (χ4v) is 3.50. The maximum atomic E-state index is 12.5. The van der Waals surface area contributed by atoms with Crippen LogP contribution in [0.15, 0.2) is 11.6 Å². The summed E-state index contributed by atoms with van der Waals surface area (Å²) in [6, 6.07) is 0.208. The molecule has 0 aromatic rings. The van der Waals surface area contributed by atoms with Crippen LogP contribution in [-0.4, -0.2) is 28.8 Å². The van der Waals surface area contributed by atoms with Gasteiger partial charge in [0.1, 0.15) is 5.38 Å². The summed E-state index contributed by atoms with van der Waals surface area (Å²) < 4.78 is 0. The van der Waals surface area contributed by atoms with Gasteiger partial charge in [-0.15, -0.1) is 11.6 Å². The van der Waals surface area contributed by atoms with E-state index in [0.717, 1.165) is 13.0 Å². The Morgan fingerprint density at radius 3 is 2.53 bits per heavy atom. The molecule has 0 bridgehead atoms. The molecule has 4 unspecified atom stereocenters. The van der Waals surface area contributed by atoms with E-state index in [1.165, 1.54) is 5.57 Å². The van der Waals surface area contributed by atoms with E-state index < -0.39 is 5.38 Å². The summed E-state index contributed by atoms with van der Waals surface area (Å²) in [6.45, 7) is 13.4. The second kappa shape index (κ2) is 6.78. The van der Waals surface area contributed by atoms with Crippen molar-refractivity contribution in [3.05, 3.63) is 11.6 Å². The Morgan fingerprint density at radius 2 is 2.05 bits per heavy atom. The summed E-state index contributed by atoms with van der Waals surface area (Å²) in [5.41, 5.74) is 1.36. The molecule has 19 heavy (non-hydrogen) atoms. The summed E-state index contributed by atoms with van der Waals surface area (Å²) in [5.74, 6) is 1.29. The first kappa shape index (κ1) is 16.6. The molecule has 0 N–H and O–H groups in total. The third-order valence-corrected chi connectivity index (χ3v) is 4.92. The van der Waals surface area contributed by atoms with Crippen LogP contribution in [0, 0.1) is 17.8 Å². The fourth-order valence-electron chi connectivity index (χ4n) is 3.07. The third kappa shape index (κ3) is 3.75. The summed E-state index contributed by atoms with van der Waals surface area (Å²) in [5, 5.41) is -0.435. The molecule has 0 radical (unpaired) electrons. The van der Waals surface area contributed by atoms with Crippen molar-refractivity contribution >= 4 is 17.5 Å². The van der Waals surface area contributed by atoms with Crippen LogP contribution in [0.1, 0.15) is 48.0 Å². The molecule has 0 aromatic carbocycles. The molecular weight excluding hydrogens is 258 g/mol. The van der Waals surface area contributed by atoms with Gasteiger partial charge in [0.2, 0.25) is 5.91 Å². The average Bonchev–Trinajstić information content (AvgIpc) is 2.33. The van der Waals surface area contributed by atoms with Crippen molar-refractivity contribution < 1.29 is 4.79 Å². The van der Waals surface area contributed by atoms with Gasteiger partial charge in [0.05, 0.1) is 0 Å². The lowest BCUT2D eigenvalue weighted by atomic mass is 9.73. The lowest BCUT2D eigenvalue weighted by Crippen LogP contribution is -2.45. The summed E-state index contributed by atoms with van der Waals surface area (Å²) in [7, 11) is 0. The molecular formula is C16H28ClNO. The number of halogens is 1. The second-order valence-electron chi connectivity index (χ2n) is 6.25. The summed E-state index contributed by atoms with van der Waals surface area (Å²) in [6.07, 6.45) is 3.34. The third-order valence-electron chi connectivity index (χ3n) is 4.45. The highest BCUT2D eigenvalue weighted by Gasteiger charge is 2.36. The smallest absolute Gasteiger partial charge is 0.241 e. The normalized spacial score (nSPS) is 29.1. The summed E-state index contributed by atoms with van der Waals surface area (Å²) >= 11 is 6.52. The predicted octanol–water partition coefficient (Wildman–Crippen LogP) is 4.09. The van der Waals surface area contributed by atoms with Gasteiger partial charge in [-0.25, -0.2) is 0 Å². The first-order valence-electron chi connectivity index (χ1n) is 7.41. The Kier molecular flexibility index (Phi) is 5.91. The zero-order valence-electron chi connectivity index (χ0n) is 13.1. The van der Waals surface area contributed by atoms with E-state index in [4.69, 9.17) is 11.6 Å². The van der Waals surface area contributed by atoms with Crippen molar-refractivity contribution in [3.8, 4) is 0 Å². The van der Waals surface area contributed by atoms with Crippen LogP contribution in [-0.2, 0) is 4.79 Å². The van der Waals surface area contributed by atoms with Crippen LogP contribution in [0.3, 0.4) is 0 Å². The molecule has 0 saturated carbocycles. The van der Waals surface area contributed by atoms with E-state index >= 15 is 0 Å². The number of amides is 1. The van der Waals surface area contributed by atoms with Crippen molar-refractivity contribution in [1.82, 2.24) is 4.90 Å². The first-order valence-corrected chi connectivity index (χ1v) is 7.85. The molecule has 1 aliphatic rings. The van der Waals surface area contributed by atoms with Crippen LogP contribution in [0.25, 0.3) is 0 Å². The highest BCUT2D eigenvalue weighted by molar-refractivity contribution is 6.31. The fraction of sp³-hybridized carbons (Fsp3) is 0.812. The molecule has 0 aromatic heterocycles. The van der Waals surface area contributed by atoms with Gasteiger partial charge in [-0.2, -0.15) is 0 Å². The maximum Gasteiger partial charge on any atom is 0.241 e. The topological polar surface area (TPSA) is 20.3 Å². The number of alkyl halides is 1. The number of rotatable bonds is 4. The van der Waals surface area contributed by atoms with E-state index in [-0.39, 0.29) is 17.9 Å². The van der Waals surface area contributed by atoms with E-state index in [0.29, 0.717) is 11.8 Å². The molecule has 2 nitrogen and oxygen atoms in total. The lowest BCUT2D eigenvalue weighted by molar-refractivity contribution is -0.133. The largest absolute Gasteiger partial charge is 0.339 e. The second-order valence-corrected chi connectivity index (χ2v) is 6.72. The Balaban J connectivity index is 2.89. The first-order chi connectivity index (χ1) is 8.79. The number of carbonyl (C=O) groups excluding carboxylic acids is 1. The van der Waals surface area contributed by atoms with Crippen molar-refractivity contribution in [2.45, 2.75) is 59.4 Å². The molecule has 0 aliphatic heterocycles. The molecule has 1 aliphatic carbocycles. The van der Waals surface area contributed by atoms with E-state index in [2.05, 4.69) is 26.8 Å². The molecule has 0 saturated heterocycles. The zero-order valence-corrected chi connectivity index (χ0v) is 13.9. The van der Waals surface area contributed by atoms with Gasteiger partial charge in [-0.1, -0.05) is 25.5 Å². The molecule has 3 heteroatoms. The van der Waals surface area contributed by atoms with Crippen molar-refractivity contribution in [2.75, 3.05) is 6.54 Å². The van der Waals surface area contributed by atoms with Crippen molar-refractivity contribution in [2.24, 2.45) is 17.8 Å². The Hall–Kier alpha value is -0.500. The quantitative estimate of drug-likeness (QED) is 0.563. The van der Waals surface area contributed by atoms with Gasteiger partial charge in [0.25, 0.3) is 0 Å². The molecule has 0 fully saturated rings. The standard InChI is InChI=1S/C16H28ClNO/c1-7-18(10(2)3)16(19)15(17)14-9-11(4)8-12(5)13(14)6/h9-10,12-15H,7-8H2,1-6H3. The number of allylic oxidation sites excluding steroid dienone is 2. The van der Waals surface area contributed by atoms with Crippen LogP contribution < -0.4 is 0 Å². The highest BCUT2D eigenvalue weighted by Crippen LogP contribution is 2.37. The molecule has 4 atom stereocenters.